The summed E-state index contributed by atoms with van der Waals surface area (Å²) in [4.78, 5) is 13.4. The van der Waals surface area contributed by atoms with Gasteiger partial charge in [-0.2, -0.15) is 0 Å². The van der Waals surface area contributed by atoms with Gasteiger partial charge in [0.05, 0.1) is 11.3 Å². The number of aliphatic hydroxyl groups excluding tert-OH is 1. The predicted molar refractivity (Wildman–Crippen MR) is 75.1 cm³/mol. The van der Waals surface area contributed by atoms with Gasteiger partial charge >= 0.3 is 5.97 Å². The molecule has 1 saturated carbocycles. The second-order valence-corrected chi connectivity index (χ2v) is 5.26. The van der Waals surface area contributed by atoms with E-state index in [1.165, 1.54) is 12.5 Å². The molecule has 4 nitrogen and oxygen atoms in total. The van der Waals surface area contributed by atoms with Crippen molar-refractivity contribution in [2.75, 3.05) is 18.1 Å². The fourth-order valence-corrected chi connectivity index (χ4v) is 2.54. The van der Waals surface area contributed by atoms with Crippen LogP contribution in [0.25, 0.3) is 0 Å². The third-order valence-electron chi connectivity index (χ3n) is 3.57. The quantitative estimate of drug-likeness (QED) is 0.843. The molecular weight excluding hydrogens is 266 g/mol. The molecular formula is C14H18ClNO3. The molecule has 5 heteroatoms. The number of carboxylic acid groups (broad SMARTS) is 1. The maximum Gasteiger partial charge on any atom is 0.337 e. The Hall–Kier alpha value is -1.26. The molecule has 1 aromatic carbocycles. The summed E-state index contributed by atoms with van der Waals surface area (Å²) in [5, 5.41) is 18.7. The number of nitrogens with zero attached hydrogens (tertiary/aromatic N) is 1. The van der Waals surface area contributed by atoms with Crippen LogP contribution >= 0.6 is 11.6 Å². The first-order chi connectivity index (χ1) is 9.13. The average Bonchev–Trinajstić information content (AvgIpc) is 2.32. The van der Waals surface area contributed by atoms with E-state index in [1.54, 1.807) is 12.1 Å². The summed E-state index contributed by atoms with van der Waals surface area (Å²) in [7, 11) is 0. The number of aromatic carboxylic acids is 1. The molecule has 1 aliphatic rings. The fraction of sp³-hybridized carbons (Fsp3) is 0.500. The molecule has 0 aliphatic heterocycles. The van der Waals surface area contributed by atoms with Crippen molar-refractivity contribution in [3.05, 3.63) is 28.8 Å². The van der Waals surface area contributed by atoms with E-state index in [0.29, 0.717) is 29.7 Å². The minimum absolute atomic E-state index is 0.110. The molecule has 0 atom stereocenters. The summed E-state index contributed by atoms with van der Waals surface area (Å²) in [6, 6.07) is 5.35. The van der Waals surface area contributed by atoms with Crippen LogP contribution in [0.3, 0.4) is 0 Å². The Morgan fingerprint density at radius 1 is 1.42 bits per heavy atom. The Bertz CT molecular complexity index is 460. The Labute approximate surface area is 117 Å². The fourth-order valence-electron chi connectivity index (χ4n) is 2.37. The van der Waals surface area contributed by atoms with Crippen LogP contribution in [0.1, 0.15) is 36.0 Å². The molecule has 0 aromatic heterocycles. The highest BCUT2D eigenvalue weighted by molar-refractivity contribution is 6.31. The lowest BCUT2D eigenvalue weighted by atomic mass is 9.90. The van der Waals surface area contributed by atoms with Gasteiger partial charge < -0.3 is 15.1 Å². The second-order valence-electron chi connectivity index (χ2n) is 4.82. The van der Waals surface area contributed by atoms with E-state index < -0.39 is 5.97 Å². The smallest absolute Gasteiger partial charge is 0.337 e. The predicted octanol–water partition coefficient (Wildman–Crippen LogP) is 2.78. The zero-order valence-corrected chi connectivity index (χ0v) is 11.4. The van der Waals surface area contributed by atoms with Gasteiger partial charge in [0.25, 0.3) is 0 Å². The topological polar surface area (TPSA) is 60.8 Å². The monoisotopic (exact) mass is 283 g/mol. The molecule has 0 unspecified atom stereocenters. The number of anilines is 1. The molecule has 2 N–H and O–H groups in total. The van der Waals surface area contributed by atoms with E-state index in [4.69, 9.17) is 16.7 Å². The maximum atomic E-state index is 11.3. The molecule has 0 radical (unpaired) electrons. The van der Waals surface area contributed by atoms with Crippen molar-refractivity contribution in [2.45, 2.75) is 31.7 Å². The molecule has 1 aromatic rings. The van der Waals surface area contributed by atoms with E-state index in [-0.39, 0.29) is 12.2 Å². The average molecular weight is 284 g/mol. The van der Waals surface area contributed by atoms with Gasteiger partial charge in [0, 0.05) is 24.2 Å². The van der Waals surface area contributed by atoms with E-state index in [9.17, 15) is 9.90 Å². The summed E-state index contributed by atoms with van der Waals surface area (Å²) >= 11 is 5.88. The molecule has 0 bridgehead atoms. The lowest BCUT2D eigenvalue weighted by Gasteiger charge is -2.40. The van der Waals surface area contributed by atoms with Gasteiger partial charge in [-0.15, -0.1) is 0 Å². The van der Waals surface area contributed by atoms with E-state index >= 15 is 0 Å². The van der Waals surface area contributed by atoms with Crippen molar-refractivity contribution >= 4 is 23.3 Å². The Morgan fingerprint density at radius 2 is 2.16 bits per heavy atom. The summed E-state index contributed by atoms with van der Waals surface area (Å²) in [5.74, 6) is -0.967. The van der Waals surface area contributed by atoms with Crippen molar-refractivity contribution in [1.82, 2.24) is 0 Å². The Balaban J connectivity index is 2.31. The van der Waals surface area contributed by atoms with Crippen LogP contribution in [0, 0.1) is 0 Å². The number of halogens is 1. The van der Waals surface area contributed by atoms with Crippen molar-refractivity contribution in [2.24, 2.45) is 0 Å². The molecule has 1 fully saturated rings. The van der Waals surface area contributed by atoms with Crippen molar-refractivity contribution in [3.63, 3.8) is 0 Å². The highest BCUT2D eigenvalue weighted by Crippen LogP contribution is 2.33. The van der Waals surface area contributed by atoms with Crippen molar-refractivity contribution in [3.8, 4) is 0 Å². The number of aliphatic hydroxyl groups is 1. The molecule has 19 heavy (non-hydrogen) atoms. The van der Waals surface area contributed by atoms with Gasteiger partial charge in [-0.05, 0) is 43.9 Å². The minimum atomic E-state index is -0.967. The first-order valence-corrected chi connectivity index (χ1v) is 6.91. The summed E-state index contributed by atoms with van der Waals surface area (Å²) in [6.07, 6.45) is 3.97. The zero-order chi connectivity index (χ0) is 13.8. The van der Waals surface area contributed by atoms with Gasteiger partial charge in [-0.25, -0.2) is 4.79 Å². The molecule has 104 valence electrons. The van der Waals surface area contributed by atoms with Crippen LogP contribution in [0.4, 0.5) is 5.69 Å². The van der Waals surface area contributed by atoms with Crippen molar-refractivity contribution < 1.29 is 15.0 Å². The van der Waals surface area contributed by atoms with E-state index in [2.05, 4.69) is 4.90 Å². The minimum Gasteiger partial charge on any atom is -0.478 e. The lowest BCUT2D eigenvalue weighted by Crippen LogP contribution is -2.41. The van der Waals surface area contributed by atoms with Gasteiger partial charge in [0.15, 0.2) is 0 Å². The summed E-state index contributed by atoms with van der Waals surface area (Å²) < 4.78 is 0. The molecule has 1 aliphatic carbocycles. The first kappa shape index (κ1) is 14.2. The van der Waals surface area contributed by atoms with Crippen LogP contribution in [-0.4, -0.2) is 35.4 Å². The molecule has 0 saturated heterocycles. The summed E-state index contributed by atoms with van der Waals surface area (Å²) in [5.41, 5.74) is 0.937. The van der Waals surface area contributed by atoms with Crippen molar-refractivity contribution in [1.29, 1.82) is 0 Å². The second kappa shape index (κ2) is 6.26. The number of carboxylic acids is 1. The standard InChI is InChI=1S/C14H18ClNO3/c15-10-5-6-13(12(9-10)14(18)19)16(7-2-8-17)11-3-1-4-11/h5-6,9,11,17H,1-4,7-8H2,(H,18,19). The van der Waals surface area contributed by atoms with Crippen LogP contribution in [0.5, 0.6) is 0 Å². The highest BCUT2D eigenvalue weighted by atomic mass is 35.5. The van der Waals surface area contributed by atoms with Crippen LogP contribution in [0.2, 0.25) is 5.02 Å². The molecule has 0 amide bonds. The van der Waals surface area contributed by atoms with Gasteiger partial charge in [-0.3, -0.25) is 0 Å². The zero-order valence-electron chi connectivity index (χ0n) is 10.7. The SMILES string of the molecule is O=C(O)c1cc(Cl)ccc1N(CCCO)C1CCC1. The number of hydrogen-bond donors (Lipinski definition) is 2. The number of benzene rings is 1. The van der Waals surface area contributed by atoms with Crippen LogP contribution in [0.15, 0.2) is 18.2 Å². The number of carbonyl (C=O) groups is 1. The van der Waals surface area contributed by atoms with E-state index in [0.717, 1.165) is 12.8 Å². The highest BCUT2D eigenvalue weighted by Gasteiger charge is 2.27. The third kappa shape index (κ3) is 3.19. The van der Waals surface area contributed by atoms with Crippen LogP contribution in [-0.2, 0) is 0 Å². The normalized spacial score (nSPS) is 15.1. The summed E-state index contributed by atoms with van der Waals surface area (Å²) in [6.45, 7) is 0.780. The maximum absolute atomic E-state index is 11.3. The molecule has 0 heterocycles. The van der Waals surface area contributed by atoms with Gasteiger partial charge in [-0.1, -0.05) is 11.6 Å². The lowest BCUT2D eigenvalue weighted by molar-refractivity contribution is 0.0697. The van der Waals surface area contributed by atoms with Crippen LogP contribution < -0.4 is 4.90 Å². The van der Waals surface area contributed by atoms with Gasteiger partial charge in [0.2, 0.25) is 0 Å². The number of rotatable bonds is 6. The number of hydrogen-bond acceptors (Lipinski definition) is 3. The Kier molecular flexibility index (Phi) is 4.66. The van der Waals surface area contributed by atoms with E-state index in [1.807, 2.05) is 0 Å². The molecule has 2 rings (SSSR count). The van der Waals surface area contributed by atoms with Gasteiger partial charge in [0.1, 0.15) is 0 Å². The first-order valence-electron chi connectivity index (χ1n) is 6.54. The third-order valence-corrected chi connectivity index (χ3v) is 3.81. The Morgan fingerprint density at radius 3 is 2.68 bits per heavy atom. The largest absolute Gasteiger partial charge is 0.478 e. The molecule has 0 spiro atoms.